The van der Waals surface area contributed by atoms with Crippen LogP contribution >= 0.6 is 0 Å². The summed E-state index contributed by atoms with van der Waals surface area (Å²) in [5.41, 5.74) is 3.05. The number of nitrogens with zero attached hydrogens (tertiary/aromatic N) is 4. The highest BCUT2D eigenvalue weighted by molar-refractivity contribution is 6.02. The molecule has 1 saturated carbocycles. The van der Waals surface area contributed by atoms with Gasteiger partial charge in [-0.05, 0) is 43.5 Å². The molecule has 0 bridgehead atoms. The summed E-state index contributed by atoms with van der Waals surface area (Å²) in [5, 5.41) is 8.16. The van der Waals surface area contributed by atoms with E-state index in [0.717, 1.165) is 48.7 Å². The van der Waals surface area contributed by atoms with Crippen molar-refractivity contribution in [3.05, 3.63) is 23.9 Å². The van der Waals surface area contributed by atoms with E-state index in [1.54, 1.807) is 0 Å². The van der Waals surface area contributed by atoms with Crippen molar-refractivity contribution in [1.29, 1.82) is 0 Å². The first-order valence-corrected chi connectivity index (χ1v) is 13.4. The first-order chi connectivity index (χ1) is 16.6. The lowest BCUT2D eigenvalue weighted by Crippen LogP contribution is -2.46. The molecular weight excluding hydrogens is 426 g/mol. The molecule has 0 radical (unpaired) electrons. The predicted molar refractivity (Wildman–Crippen MR) is 135 cm³/mol. The van der Waals surface area contributed by atoms with E-state index >= 15 is 0 Å². The Morgan fingerprint density at radius 2 is 1.79 bits per heavy atom. The van der Waals surface area contributed by atoms with Gasteiger partial charge in [0.2, 0.25) is 11.8 Å². The van der Waals surface area contributed by atoms with Crippen LogP contribution in [0.4, 0.5) is 5.69 Å². The molecule has 3 aliphatic rings. The van der Waals surface area contributed by atoms with E-state index in [4.69, 9.17) is 0 Å². The predicted octanol–water partition coefficient (Wildman–Crippen LogP) is 3.97. The zero-order chi connectivity index (χ0) is 23.5. The fourth-order valence-electron chi connectivity index (χ4n) is 6.16. The number of benzene rings is 1. The van der Waals surface area contributed by atoms with Crippen molar-refractivity contribution in [2.75, 3.05) is 37.6 Å². The van der Waals surface area contributed by atoms with Gasteiger partial charge < -0.3 is 4.90 Å². The van der Waals surface area contributed by atoms with Crippen LogP contribution in [0.1, 0.15) is 75.8 Å². The van der Waals surface area contributed by atoms with Crippen LogP contribution < -0.4 is 10.2 Å². The summed E-state index contributed by atoms with van der Waals surface area (Å²) >= 11 is 0. The second-order valence-electron chi connectivity index (χ2n) is 10.5. The van der Waals surface area contributed by atoms with Crippen LogP contribution in [0.3, 0.4) is 0 Å². The second kappa shape index (κ2) is 10.5. The lowest BCUT2D eigenvalue weighted by molar-refractivity contribution is -0.134. The van der Waals surface area contributed by atoms with E-state index in [0.29, 0.717) is 12.8 Å². The monoisotopic (exact) mass is 465 g/mol. The highest BCUT2D eigenvalue weighted by atomic mass is 16.2. The molecule has 1 aliphatic carbocycles. The van der Waals surface area contributed by atoms with Gasteiger partial charge in [0.05, 0.1) is 17.1 Å². The number of aryl methyl sites for hydroxylation is 1. The summed E-state index contributed by atoms with van der Waals surface area (Å²) in [6.45, 7) is 5.57. The minimum absolute atomic E-state index is 0.188. The number of piperidine rings is 1. The van der Waals surface area contributed by atoms with Crippen LogP contribution in [0.5, 0.6) is 0 Å². The number of anilines is 1. The Morgan fingerprint density at radius 1 is 1.00 bits per heavy atom. The van der Waals surface area contributed by atoms with Crippen molar-refractivity contribution < 1.29 is 9.59 Å². The number of nitrogens with one attached hydrogen (secondary N) is 1. The normalized spacial score (nSPS) is 23.0. The number of amides is 2. The highest BCUT2D eigenvalue weighted by Crippen LogP contribution is 2.32. The van der Waals surface area contributed by atoms with Gasteiger partial charge in [0, 0.05) is 50.7 Å². The van der Waals surface area contributed by atoms with E-state index in [2.05, 4.69) is 38.4 Å². The number of imide groups is 1. The van der Waals surface area contributed by atoms with E-state index in [1.807, 2.05) is 11.7 Å². The number of hydrogen-bond donors (Lipinski definition) is 1. The minimum atomic E-state index is -0.353. The van der Waals surface area contributed by atoms with Crippen molar-refractivity contribution in [2.24, 2.45) is 13.0 Å². The van der Waals surface area contributed by atoms with Crippen molar-refractivity contribution >= 4 is 28.4 Å². The van der Waals surface area contributed by atoms with E-state index in [9.17, 15) is 9.59 Å². The van der Waals surface area contributed by atoms with Gasteiger partial charge in [-0.15, -0.1) is 0 Å². The Morgan fingerprint density at radius 3 is 2.56 bits per heavy atom. The molecule has 5 rings (SSSR count). The molecule has 2 aliphatic heterocycles. The molecule has 7 heteroatoms. The third-order valence-corrected chi connectivity index (χ3v) is 8.23. The molecule has 1 unspecified atom stereocenters. The van der Waals surface area contributed by atoms with Gasteiger partial charge in [0.15, 0.2) is 0 Å². The number of unbranched alkanes of at least 4 members (excludes halogenated alkanes) is 1. The smallest absolute Gasteiger partial charge is 0.235 e. The first-order valence-electron chi connectivity index (χ1n) is 13.4. The van der Waals surface area contributed by atoms with Gasteiger partial charge >= 0.3 is 0 Å². The van der Waals surface area contributed by atoms with Crippen molar-refractivity contribution in [3.63, 3.8) is 0 Å². The summed E-state index contributed by atoms with van der Waals surface area (Å²) in [7, 11) is 1.94. The lowest BCUT2D eigenvalue weighted by Gasteiger charge is -2.36. The Hall–Kier alpha value is -2.41. The number of fused-ring (bicyclic) bond motifs is 1. The zero-order valence-corrected chi connectivity index (χ0v) is 20.6. The van der Waals surface area contributed by atoms with E-state index in [-0.39, 0.29) is 17.7 Å². The average Bonchev–Trinajstić information content (AvgIpc) is 3.18. The van der Waals surface area contributed by atoms with Crippen LogP contribution in [0, 0.1) is 5.92 Å². The third-order valence-electron chi connectivity index (χ3n) is 8.23. The number of piperazine rings is 1. The average molecular weight is 466 g/mol. The molecule has 3 heterocycles. The fourth-order valence-corrected chi connectivity index (χ4v) is 6.16. The number of carbonyl (C=O) groups is 2. The maximum absolute atomic E-state index is 12.4. The molecule has 1 N–H and O–H groups in total. The molecule has 34 heavy (non-hydrogen) atoms. The maximum atomic E-state index is 12.4. The lowest BCUT2D eigenvalue weighted by atomic mass is 9.86. The fraction of sp³-hybridized carbons (Fsp3) is 0.667. The van der Waals surface area contributed by atoms with Gasteiger partial charge in [0.25, 0.3) is 0 Å². The Kier molecular flexibility index (Phi) is 7.18. The number of rotatable bonds is 7. The number of hydrogen-bond acceptors (Lipinski definition) is 5. The SMILES string of the molecule is Cn1nc(C2CCC(=O)NC2=O)c2ccc(N3CCN(CCCCC4CCCCC4)CC3)cc21. The summed E-state index contributed by atoms with van der Waals surface area (Å²) in [4.78, 5) is 29.0. The molecule has 184 valence electrons. The summed E-state index contributed by atoms with van der Waals surface area (Å²) in [5.74, 6) is 0.235. The maximum Gasteiger partial charge on any atom is 0.235 e. The molecule has 2 amide bonds. The van der Waals surface area contributed by atoms with Crippen molar-refractivity contribution in [3.8, 4) is 0 Å². The highest BCUT2D eigenvalue weighted by Gasteiger charge is 2.31. The summed E-state index contributed by atoms with van der Waals surface area (Å²) in [6, 6.07) is 6.48. The zero-order valence-electron chi connectivity index (χ0n) is 20.6. The van der Waals surface area contributed by atoms with Gasteiger partial charge in [-0.3, -0.25) is 24.5 Å². The topological polar surface area (TPSA) is 70.5 Å². The van der Waals surface area contributed by atoms with Crippen LogP contribution in [0.2, 0.25) is 0 Å². The van der Waals surface area contributed by atoms with Gasteiger partial charge in [0.1, 0.15) is 0 Å². The van der Waals surface area contributed by atoms with Crippen LogP contribution in [-0.2, 0) is 16.6 Å². The first kappa shape index (κ1) is 23.3. The standard InChI is InChI=1S/C27H39N5O2/c1-30-24-19-21(10-11-22(24)26(29-30)23-12-13-25(33)28-27(23)34)32-17-15-31(16-18-32)14-6-5-9-20-7-3-2-4-8-20/h10-11,19-20,23H,2-9,12-18H2,1H3,(H,28,33,34). The van der Waals surface area contributed by atoms with Gasteiger partial charge in [-0.2, -0.15) is 5.10 Å². The molecule has 1 aromatic heterocycles. The molecular formula is C27H39N5O2. The molecule has 1 atom stereocenters. The molecule has 2 aromatic rings. The minimum Gasteiger partial charge on any atom is -0.369 e. The molecule has 2 saturated heterocycles. The van der Waals surface area contributed by atoms with Crippen LogP contribution in [0.25, 0.3) is 10.9 Å². The Bertz CT molecular complexity index is 1020. The van der Waals surface area contributed by atoms with E-state index in [1.165, 1.54) is 63.6 Å². The van der Waals surface area contributed by atoms with Crippen molar-refractivity contribution in [1.82, 2.24) is 20.0 Å². The molecule has 1 aromatic carbocycles. The Balaban J connectivity index is 1.15. The summed E-state index contributed by atoms with van der Waals surface area (Å²) in [6.07, 6.45) is 12.4. The van der Waals surface area contributed by atoms with Gasteiger partial charge in [-0.1, -0.05) is 44.9 Å². The van der Waals surface area contributed by atoms with Crippen LogP contribution in [0.15, 0.2) is 18.2 Å². The van der Waals surface area contributed by atoms with E-state index < -0.39 is 0 Å². The van der Waals surface area contributed by atoms with Crippen molar-refractivity contribution in [2.45, 2.75) is 70.1 Å². The molecule has 0 spiro atoms. The second-order valence-corrected chi connectivity index (χ2v) is 10.5. The largest absolute Gasteiger partial charge is 0.369 e. The number of aromatic nitrogens is 2. The summed E-state index contributed by atoms with van der Waals surface area (Å²) < 4.78 is 1.88. The van der Waals surface area contributed by atoms with Gasteiger partial charge in [-0.25, -0.2) is 0 Å². The Labute approximate surface area is 202 Å². The number of carbonyl (C=O) groups excluding carboxylic acids is 2. The quantitative estimate of drug-likeness (QED) is 0.495. The van der Waals surface area contributed by atoms with Crippen LogP contribution in [-0.4, -0.2) is 59.2 Å². The third kappa shape index (κ3) is 5.14. The molecule has 3 fully saturated rings. The molecule has 7 nitrogen and oxygen atoms in total.